The number of aromatic nitrogens is 2. The molecule has 0 bridgehead atoms. The zero-order valence-electron chi connectivity index (χ0n) is 16.8. The molecule has 0 unspecified atom stereocenters. The minimum atomic E-state index is -1.01. The maximum Gasteiger partial charge on any atom is 0.407 e. The molecule has 0 spiro atoms. The summed E-state index contributed by atoms with van der Waals surface area (Å²) in [6, 6.07) is 15.5. The molecule has 1 aliphatic carbocycles. The number of nitrogens with one attached hydrogen (secondary N) is 1. The zero-order valence-corrected chi connectivity index (χ0v) is 16.8. The summed E-state index contributed by atoms with van der Waals surface area (Å²) < 4.78 is 7.13. The molecule has 30 heavy (non-hydrogen) atoms. The lowest BCUT2D eigenvalue weighted by molar-refractivity contribution is -0.137. The largest absolute Gasteiger partial charge is 0.481 e. The first-order valence-electron chi connectivity index (χ1n) is 9.77. The molecule has 0 saturated heterocycles. The fourth-order valence-corrected chi connectivity index (χ4v) is 4.23. The molecule has 1 aliphatic rings. The number of alkyl carbamates (subject to hydrolysis) is 1. The van der Waals surface area contributed by atoms with Crippen molar-refractivity contribution in [2.24, 2.45) is 7.05 Å². The monoisotopic (exact) mass is 405 g/mol. The second kappa shape index (κ2) is 8.02. The van der Waals surface area contributed by atoms with Crippen molar-refractivity contribution in [3.8, 4) is 11.1 Å². The van der Waals surface area contributed by atoms with Crippen molar-refractivity contribution in [3.05, 3.63) is 77.1 Å². The molecule has 0 radical (unpaired) electrons. The highest BCUT2D eigenvalue weighted by Crippen LogP contribution is 2.44. The summed E-state index contributed by atoms with van der Waals surface area (Å²) in [4.78, 5) is 23.9. The van der Waals surface area contributed by atoms with Crippen molar-refractivity contribution >= 4 is 12.1 Å². The molecule has 1 amide bonds. The number of hydrogen-bond acceptors (Lipinski definition) is 4. The lowest BCUT2D eigenvalue weighted by Gasteiger charge is -2.20. The standard InChI is InChI=1S/C23H23N3O4/c1-14-12-24-26(2)22(14)20(11-21(27)28)25-23(29)30-13-19-17-9-5-3-7-15(17)16-8-4-6-10-18(16)19/h3-10,12,19-20H,11,13H2,1-2H3,(H,25,29)(H,27,28)/t20-/m0/s1. The molecule has 2 N–H and O–H groups in total. The second-order valence-corrected chi connectivity index (χ2v) is 7.46. The Labute approximate surface area is 174 Å². The third-order valence-electron chi connectivity index (χ3n) is 5.52. The van der Waals surface area contributed by atoms with Crippen LogP contribution in [0.25, 0.3) is 11.1 Å². The van der Waals surface area contributed by atoms with E-state index in [-0.39, 0.29) is 18.9 Å². The number of carbonyl (C=O) groups is 2. The molecule has 0 fully saturated rings. The number of rotatable bonds is 6. The van der Waals surface area contributed by atoms with Gasteiger partial charge in [-0.3, -0.25) is 9.48 Å². The highest BCUT2D eigenvalue weighted by atomic mass is 16.5. The average molecular weight is 405 g/mol. The summed E-state index contributed by atoms with van der Waals surface area (Å²) in [5.74, 6) is -1.07. The Balaban J connectivity index is 1.50. The molecule has 154 valence electrons. The summed E-state index contributed by atoms with van der Waals surface area (Å²) in [6.07, 6.45) is 0.734. The van der Waals surface area contributed by atoms with Gasteiger partial charge < -0.3 is 15.2 Å². The fraction of sp³-hybridized carbons (Fsp3) is 0.261. The van der Waals surface area contributed by atoms with Crippen molar-refractivity contribution < 1.29 is 19.4 Å². The summed E-state index contributed by atoms with van der Waals surface area (Å²) in [7, 11) is 1.72. The van der Waals surface area contributed by atoms with E-state index in [1.54, 1.807) is 17.9 Å². The summed E-state index contributed by atoms with van der Waals surface area (Å²) in [5, 5.41) is 16.1. The number of carboxylic acid groups (broad SMARTS) is 1. The van der Waals surface area contributed by atoms with Crippen LogP contribution < -0.4 is 5.32 Å². The molecule has 1 aromatic heterocycles. The Bertz CT molecular complexity index is 1040. The van der Waals surface area contributed by atoms with Gasteiger partial charge in [0, 0.05) is 13.0 Å². The third kappa shape index (κ3) is 3.66. The predicted octanol–water partition coefficient (Wildman–Crippen LogP) is 3.78. The van der Waals surface area contributed by atoms with Crippen LogP contribution in [0, 0.1) is 6.92 Å². The molecule has 1 heterocycles. The van der Waals surface area contributed by atoms with Crippen molar-refractivity contribution in [2.75, 3.05) is 6.61 Å². The third-order valence-corrected chi connectivity index (χ3v) is 5.52. The van der Waals surface area contributed by atoms with Gasteiger partial charge in [0.2, 0.25) is 0 Å². The van der Waals surface area contributed by atoms with E-state index in [9.17, 15) is 14.7 Å². The summed E-state index contributed by atoms with van der Waals surface area (Å²) >= 11 is 0. The number of benzene rings is 2. The van der Waals surface area contributed by atoms with Crippen LogP contribution in [0.1, 0.15) is 40.8 Å². The van der Waals surface area contributed by atoms with Crippen LogP contribution in [0.4, 0.5) is 4.79 Å². The molecule has 1 atom stereocenters. The fourth-order valence-electron chi connectivity index (χ4n) is 4.23. The number of carboxylic acids is 1. The lowest BCUT2D eigenvalue weighted by atomic mass is 9.98. The van der Waals surface area contributed by atoms with Gasteiger partial charge in [-0.2, -0.15) is 5.10 Å². The number of hydrogen-bond donors (Lipinski definition) is 2. The van der Waals surface area contributed by atoms with Crippen molar-refractivity contribution in [1.29, 1.82) is 0 Å². The highest BCUT2D eigenvalue weighted by molar-refractivity contribution is 5.79. The molecule has 0 saturated carbocycles. The van der Waals surface area contributed by atoms with Gasteiger partial charge in [-0.05, 0) is 34.7 Å². The molecular formula is C23H23N3O4. The van der Waals surface area contributed by atoms with Crippen LogP contribution in [0.2, 0.25) is 0 Å². The predicted molar refractivity (Wildman–Crippen MR) is 111 cm³/mol. The Kier molecular flexibility index (Phi) is 5.27. The minimum absolute atomic E-state index is 0.0560. The number of carbonyl (C=O) groups excluding carboxylic acids is 1. The molecule has 2 aromatic carbocycles. The first-order chi connectivity index (χ1) is 14.5. The zero-order chi connectivity index (χ0) is 21.3. The molecule has 3 aromatic rings. The average Bonchev–Trinajstić information content (AvgIpc) is 3.22. The maximum atomic E-state index is 12.6. The van der Waals surface area contributed by atoms with E-state index < -0.39 is 18.1 Å². The molecule has 4 rings (SSSR count). The molecule has 7 nitrogen and oxygen atoms in total. The smallest absolute Gasteiger partial charge is 0.407 e. The van der Waals surface area contributed by atoms with Gasteiger partial charge in [0.05, 0.1) is 24.4 Å². The summed E-state index contributed by atoms with van der Waals surface area (Å²) in [6.45, 7) is 2.00. The number of amides is 1. The first kappa shape index (κ1) is 19.7. The van der Waals surface area contributed by atoms with Gasteiger partial charge in [-0.15, -0.1) is 0 Å². The van der Waals surface area contributed by atoms with E-state index in [1.807, 2.05) is 43.3 Å². The van der Waals surface area contributed by atoms with Crippen LogP contribution in [0.3, 0.4) is 0 Å². The second-order valence-electron chi connectivity index (χ2n) is 7.46. The molecule has 0 aliphatic heterocycles. The highest BCUT2D eigenvalue weighted by Gasteiger charge is 2.30. The molecule has 7 heteroatoms. The van der Waals surface area contributed by atoms with E-state index >= 15 is 0 Å². The summed E-state index contributed by atoms with van der Waals surface area (Å²) in [5.41, 5.74) is 5.99. The quantitative estimate of drug-likeness (QED) is 0.651. The molecular weight excluding hydrogens is 382 g/mol. The lowest BCUT2D eigenvalue weighted by Crippen LogP contribution is -2.33. The number of aryl methyl sites for hydroxylation is 2. The van der Waals surface area contributed by atoms with E-state index in [1.165, 1.54) is 0 Å². The van der Waals surface area contributed by atoms with Crippen LogP contribution in [0.5, 0.6) is 0 Å². The topological polar surface area (TPSA) is 93.5 Å². The van der Waals surface area contributed by atoms with Gasteiger partial charge in [-0.1, -0.05) is 48.5 Å². The van der Waals surface area contributed by atoms with Crippen LogP contribution in [-0.4, -0.2) is 33.6 Å². The van der Waals surface area contributed by atoms with E-state index in [2.05, 4.69) is 22.5 Å². The number of aliphatic carboxylic acids is 1. The number of ether oxygens (including phenoxy) is 1. The van der Waals surface area contributed by atoms with E-state index in [0.29, 0.717) is 5.69 Å². The number of nitrogens with zero attached hydrogens (tertiary/aromatic N) is 2. The van der Waals surface area contributed by atoms with Gasteiger partial charge in [0.15, 0.2) is 0 Å². The van der Waals surface area contributed by atoms with E-state index in [0.717, 1.165) is 27.8 Å². The van der Waals surface area contributed by atoms with Crippen molar-refractivity contribution in [3.63, 3.8) is 0 Å². The Morgan fingerprint density at radius 3 is 2.27 bits per heavy atom. The van der Waals surface area contributed by atoms with Gasteiger partial charge in [0.25, 0.3) is 0 Å². The first-order valence-corrected chi connectivity index (χ1v) is 9.77. The van der Waals surface area contributed by atoms with Crippen LogP contribution in [-0.2, 0) is 16.6 Å². The Hall–Kier alpha value is -3.61. The van der Waals surface area contributed by atoms with Gasteiger partial charge in [0.1, 0.15) is 6.61 Å². The van der Waals surface area contributed by atoms with Gasteiger partial charge in [-0.25, -0.2) is 4.79 Å². The van der Waals surface area contributed by atoms with Crippen molar-refractivity contribution in [2.45, 2.75) is 25.3 Å². The van der Waals surface area contributed by atoms with Crippen molar-refractivity contribution in [1.82, 2.24) is 15.1 Å². The Morgan fingerprint density at radius 1 is 1.13 bits per heavy atom. The Morgan fingerprint density at radius 2 is 1.73 bits per heavy atom. The minimum Gasteiger partial charge on any atom is -0.481 e. The maximum absolute atomic E-state index is 12.6. The van der Waals surface area contributed by atoms with Crippen LogP contribution in [0.15, 0.2) is 54.7 Å². The van der Waals surface area contributed by atoms with E-state index in [4.69, 9.17) is 4.74 Å². The van der Waals surface area contributed by atoms with Crippen LogP contribution >= 0.6 is 0 Å². The normalized spacial score (nSPS) is 13.4. The number of fused-ring (bicyclic) bond motifs is 3. The SMILES string of the molecule is Cc1cnn(C)c1[C@H](CC(=O)O)NC(=O)OCC1c2ccccc2-c2ccccc21. The van der Waals surface area contributed by atoms with Gasteiger partial charge >= 0.3 is 12.1 Å².